The average Bonchev–Trinajstić information content (AvgIpc) is 3.21. The number of ether oxygens (including phenoxy) is 3. The number of rotatable bonds is 13. The van der Waals surface area contributed by atoms with E-state index in [1.54, 1.807) is 18.2 Å². The van der Waals surface area contributed by atoms with Gasteiger partial charge in [0.15, 0.2) is 0 Å². The number of nitrogens with zero attached hydrogens (tertiary/aromatic N) is 3. The van der Waals surface area contributed by atoms with Crippen molar-refractivity contribution in [1.29, 1.82) is 0 Å². The number of dihydropyridines is 1. The molecule has 0 radical (unpaired) electrons. The van der Waals surface area contributed by atoms with Gasteiger partial charge in [-0.1, -0.05) is 72.8 Å². The third-order valence-electron chi connectivity index (χ3n) is 11.8. The molecule has 55 heavy (non-hydrogen) atoms. The van der Waals surface area contributed by atoms with Crippen molar-refractivity contribution in [2.75, 3.05) is 79.8 Å². The van der Waals surface area contributed by atoms with Gasteiger partial charge in [-0.25, -0.2) is 9.59 Å². The van der Waals surface area contributed by atoms with Gasteiger partial charge >= 0.3 is 11.9 Å². The van der Waals surface area contributed by atoms with Crippen molar-refractivity contribution in [3.63, 3.8) is 0 Å². The monoisotopic (exact) mass is 795 g/mol. The van der Waals surface area contributed by atoms with E-state index in [4.69, 9.17) is 43.1 Å². The van der Waals surface area contributed by atoms with E-state index in [2.05, 4.69) is 27.2 Å². The molecular formula is C42H55Cl2N5O6. The topological polar surface area (TPSA) is 127 Å². The number of methoxy groups -OCH3 is 2. The van der Waals surface area contributed by atoms with Gasteiger partial charge < -0.3 is 30.2 Å². The maximum atomic E-state index is 14.2. The second-order valence-corrected chi connectivity index (χ2v) is 16.0. The SMILES string of the molecule is COC(=O)C1=C(CCc2ccccc2CN2CCOCC2)NC(CC(=O)N2CCN(CC3(CN)CCCCC3)CC2)=C(C(=O)OC)C1c1c(Cl)cccc1Cl. The molecule has 0 aromatic heterocycles. The standard InChI is InChI=1S/C42H55Cl2N5O6/c1-53-40(51)37-33(14-13-29-9-4-5-10-30(29)26-47-21-23-55-24-22-47)46-34(38(41(52)54-2)39(37)36-31(43)11-8-12-32(36)44)25-35(50)49-19-17-48(18-20-49)28-42(27-45)15-6-3-7-16-42/h4-5,8-12,39,46H,3,6-7,13-28,45H2,1-2H3. The van der Waals surface area contributed by atoms with Gasteiger partial charge in [-0.2, -0.15) is 0 Å². The summed E-state index contributed by atoms with van der Waals surface area (Å²) in [5.74, 6) is -2.52. The predicted octanol–water partition coefficient (Wildman–Crippen LogP) is 5.44. The molecule has 1 atom stereocenters. The highest BCUT2D eigenvalue weighted by molar-refractivity contribution is 6.36. The summed E-state index contributed by atoms with van der Waals surface area (Å²) in [5.41, 5.74) is 10.3. The number of nitrogens with one attached hydrogen (secondary N) is 1. The maximum absolute atomic E-state index is 14.2. The Morgan fingerprint density at radius 1 is 0.800 bits per heavy atom. The summed E-state index contributed by atoms with van der Waals surface area (Å²) in [5, 5.41) is 3.95. The van der Waals surface area contributed by atoms with Gasteiger partial charge in [-0.05, 0) is 60.9 Å². The zero-order chi connectivity index (χ0) is 39.0. The minimum atomic E-state index is -1.05. The molecule has 1 amide bonds. The molecular weight excluding hydrogens is 741 g/mol. The quantitative estimate of drug-likeness (QED) is 0.253. The Bertz CT molecular complexity index is 1740. The first-order chi connectivity index (χ1) is 26.7. The normalized spacial score (nSPS) is 21.0. The molecule has 13 heteroatoms. The maximum Gasteiger partial charge on any atom is 0.336 e. The smallest absolute Gasteiger partial charge is 0.336 e. The summed E-state index contributed by atoms with van der Waals surface area (Å²) in [4.78, 5) is 48.6. The van der Waals surface area contributed by atoms with Gasteiger partial charge in [0.25, 0.3) is 0 Å². The summed E-state index contributed by atoms with van der Waals surface area (Å²) in [6, 6.07) is 13.3. The van der Waals surface area contributed by atoms with Crippen LogP contribution in [-0.2, 0) is 41.6 Å². The number of carbonyl (C=O) groups excluding carboxylic acids is 3. The number of carbonyl (C=O) groups is 3. The zero-order valence-electron chi connectivity index (χ0n) is 32.2. The number of halogens is 2. The Morgan fingerprint density at radius 2 is 1.42 bits per heavy atom. The number of benzene rings is 2. The second kappa shape index (κ2) is 19.1. The van der Waals surface area contributed by atoms with Crippen molar-refractivity contribution in [3.8, 4) is 0 Å². The van der Waals surface area contributed by atoms with Crippen molar-refractivity contribution >= 4 is 41.0 Å². The molecule has 1 unspecified atom stereocenters. The third kappa shape index (κ3) is 9.75. The van der Waals surface area contributed by atoms with Crippen LogP contribution in [0.2, 0.25) is 10.0 Å². The third-order valence-corrected chi connectivity index (χ3v) is 12.5. The highest BCUT2D eigenvalue weighted by Gasteiger charge is 2.42. The first kappa shape index (κ1) is 41.2. The molecule has 3 N–H and O–H groups in total. The van der Waals surface area contributed by atoms with Crippen molar-refractivity contribution < 1.29 is 28.6 Å². The van der Waals surface area contributed by atoms with Crippen LogP contribution in [0.3, 0.4) is 0 Å². The molecule has 2 saturated heterocycles. The summed E-state index contributed by atoms with van der Waals surface area (Å²) >= 11 is 13.7. The van der Waals surface area contributed by atoms with Gasteiger partial charge in [0, 0.05) is 79.4 Å². The first-order valence-corrected chi connectivity index (χ1v) is 20.3. The highest BCUT2D eigenvalue weighted by Crippen LogP contribution is 2.46. The molecule has 1 aliphatic carbocycles. The molecule has 6 rings (SSSR count). The lowest BCUT2D eigenvalue weighted by atomic mass is 9.73. The van der Waals surface area contributed by atoms with Crippen molar-refractivity contribution in [2.24, 2.45) is 11.1 Å². The lowest BCUT2D eigenvalue weighted by molar-refractivity contribution is -0.137. The fourth-order valence-electron chi connectivity index (χ4n) is 8.76. The predicted molar refractivity (Wildman–Crippen MR) is 213 cm³/mol. The zero-order valence-corrected chi connectivity index (χ0v) is 33.7. The Balaban J connectivity index is 1.31. The van der Waals surface area contributed by atoms with Crippen molar-refractivity contribution in [1.82, 2.24) is 20.0 Å². The minimum Gasteiger partial charge on any atom is -0.466 e. The Morgan fingerprint density at radius 3 is 2.04 bits per heavy atom. The molecule has 4 aliphatic rings. The lowest BCUT2D eigenvalue weighted by Gasteiger charge is -2.43. The van der Waals surface area contributed by atoms with Crippen LogP contribution in [0.25, 0.3) is 0 Å². The first-order valence-electron chi connectivity index (χ1n) is 19.6. The Kier molecular flexibility index (Phi) is 14.3. The van der Waals surface area contributed by atoms with Crippen molar-refractivity contribution in [2.45, 2.75) is 63.8 Å². The van der Waals surface area contributed by atoms with Crippen LogP contribution >= 0.6 is 23.2 Å². The van der Waals surface area contributed by atoms with Crippen LogP contribution in [0.1, 0.15) is 67.6 Å². The summed E-state index contributed by atoms with van der Waals surface area (Å²) in [6.07, 6.45) is 6.86. The minimum absolute atomic E-state index is 0.100. The fourth-order valence-corrected chi connectivity index (χ4v) is 9.38. The van der Waals surface area contributed by atoms with E-state index in [0.717, 1.165) is 57.7 Å². The average molecular weight is 797 g/mol. The number of nitrogens with two attached hydrogens (primary N) is 1. The number of allylic oxidation sites excluding steroid dienone is 1. The van der Waals surface area contributed by atoms with Crippen molar-refractivity contribution in [3.05, 3.63) is 91.7 Å². The summed E-state index contributed by atoms with van der Waals surface area (Å²) < 4.78 is 16.3. The van der Waals surface area contributed by atoms with Crippen LogP contribution < -0.4 is 11.1 Å². The number of hydrogen-bond donors (Lipinski definition) is 2. The molecule has 3 heterocycles. The van der Waals surface area contributed by atoms with Gasteiger partial charge in [-0.15, -0.1) is 0 Å². The second-order valence-electron chi connectivity index (χ2n) is 15.2. The number of hydrogen-bond acceptors (Lipinski definition) is 10. The van der Waals surface area contributed by atoms with E-state index in [9.17, 15) is 14.4 Å². The molecule has 3 aliphatic heterocycles. The summed E-state index contributed by atoms with van der Waals surface area (Å²) in [6.45, 7) is 8.17. The van der Waals surface area contributed by atoms with Crippen LogP contribution in [0.4, 0.5) is 0 Å². The molecule has 0 bridgehead atoms. The molecule has 11 nitrogen and oxygen atoms in total. The van der Waals surface area contributed by atoms with Crippen LogP contribution in [0.5, 0.6) is 0 Å². The number of piperazine rings is 1. The van der Waals surface area contributed by atoms with E-state index in [-0.39, 0.29) is 38.9 Å². The van der Waals surface area contributed by atoms with Crippen LogP contribution in [-0.4, -0.2) is 112 Å². The van der Waals surface area contributed by atoms with E-state index in [1.807, 2.05) is 17.0 Å². The van der Waals surface area contributed by atoms with E-state index in [0.29, 0.717) is 62.6 Å². The molecule has 1 saturated carbocycles. The Labute approximate surface area is 335 Å². The molecule has 2 aromatic rings. The molecule has 0 spiro atoms. The van der Waals surface area contributed by atoms with Crippen LogP contribution in [0.15, 0.2) is 65.0 Å². The lowest BCUT2D eigenvalue weighted by Crippen LogP contribution is -2.53. The van der Waals surface area contributed by atoms with E-state index >= 15 is 0 Å². The number of esters is 2. The van der Waals surface area contributed by atoms with E-state index < -0.39 is 17.9 Å². The number of aryl methyl sites for hydroxylation is 1. The molecule has 3 fully saturated rings. The number of morpholine rings is 1. The van der Waals surface area contributed by atoms with Crippen LogP contribution in [0, 0.1) is 5.41 Å². The fraction of sp³-hybridized carbons (Fsp3) is 0.548. The van der Waals surface area contributed by atoms with Gasteiger partial charge in [0.2, 0.25) is 5.91 Å². The molecule has 298 valence electrons. The van der Waals surface area contributed by atoms with Gasteiger partial charge in [-0.3, -0.25) is 14.6 Å². The largest absolute Gasteiger partial charge is 0.466 e. The Hall–Kier alpha value is -3.45. The molecule has 2 aromatic carbocycles. The van der Waals surface area contributed by atoms with E-state index in [1.165, 1.54) is 39.0 Å². The highest BCUT2D eigenvalue weighted by atomic mass is 35.5. The number of amides is 1. The summed E-state index contributed by atoms with van der Waals surface area (Å²) in [7, 11) is 2.59. The van der Waals surface area contributed by atoms with Gasteiger partial charge in [0.1, 0.15) is 0 Å². The van der Waals surface area contributed by atoms with Gasteiger partial charge in [0.05, 0.1) is 50.9 Å².